The Labute approximate surface area is 108 Å². The molecule has 3 nitrogen and oxygen atoms in total. The summed E-state index contributed by atoms with van der Waals surface area (Å²) in [4.78, 5) is 4.19. The number of alkyl halides is 3. The molecule has 0 saturated heterocycles. The van der Waals surface area contributed by atoms with Gasteiger partial charge in [-0.25, -0.2) is 0 Å². The van der Waals surface area contributed by atoms with E-state index in [0.29, 0.717) is 23.6 Å². The Bertz CT molecular complexity index is 521. The summed E-state index contributed by atoms with van der Waals surface area (Å²) in [7, 11) is 1.48. The summed E-state index contributed by atoms with van der Waals surface area (Å²) in [5.41, 5.74) is 0.218. The number of hydrogen-bond donors (Lipinski definition) is 1. The molecular formula is C13H14F3N2O+. The standard InChI is InChI=1S/C13H13F3N2O/c1-19-11-5-3-2-4-9(11)10-8-12(13(14,15)16)18-7-6-17-10/h2-5,8,18H,6-7H2,1H3/p+1. The monoisotopic (exact) mass is 271 g/mol. The van der Waals surface area contributed by atoms with Gasteiger partial charge in [0.1, 0.15) is 12.3 Å². The molecule has 0 radical (unpaired) electrons. The van der Waals surface area contributed by atoms with Crippen molar-refractivity contribution in [3.8, 4) is 5.75 Å². The van der Waals surface area contributed by atoms with Crippen LogP contribution in [-0.2, 0) is 0 Å². The molecule has 19 heavy (non-hydrogen) atoms. The van der Waals surface area contributed by atoms with E-state index in [1.165, 1.54) is 12.4 Å². The summed E-state index contributed by atoms with van der Waals surface area (Å²) >= 11 is 0. The molecule has 2 N–H and O–H groups in total. The Morgan fingerprint density at radius 1 is 1.26 bits per heavy atom. The number of para-hydroxylation sites is 1. The first-order chi connectivity index (χ1) is 9.02. The summed E-state index contributed by atoms with van der Waals surface area (Å²) in [6, 6.07) is 6.91. The van der Waals surface area contributed by atoms with Crippen LogP contribution in [0.5, 0.6) is 5.75 Å². The van der Waals surface area contributed by atoms with E-state index in [9.17, 15) is 13.2 Å². The van der Waals surface area contributed by atoms with E-state index in [4.69, 9.17) is 4.74 Å². The minimum atomic E-state index is -4.35. The number of nitrogens with zero attached hydrogens (tertiary/aromatic N) is 1. The van der Waals surface area contributed by atoms with E-state index in [-0.39, 0.29) is 6.54 Å². The van der Waals surface area contributed by atoms with Crippen molar-refractivity contribution in [1.29, 1.82) is 0 Å². The predicted molar refractivity (Wildman–Crippen MR) is 65.3 cm³/mol. The molecule has 0 saturated carbocycles. The van der Waals surface area contributed by atoms with Crippen molar-refractivity contribution < 1.29 is 23.2 Å². The van der Waals surface area contributed by atoms with Gasteiger partial charge in [0, 0.05) is 11.6 Å². The van der Waals surface area contributed by atoms with Gasteiger partial charge in [0.15, 0.2) is 0 Å². The lowest BCUT2D eigenvalue weighted by atomic mass is 10.1. The van der Waals surface area contributed by atoms with Gasteiger partial charge in [-0.05, 0) is 12.1 Å². The Morgan fingerprint density at radius 2 is 2.00 bits per heavy atom. The van der Waals surface area contributed by atoms with Crippen LogP contribution in [0.25, 0.3) is 0 Å². The van der Waals surface area contributed by atoms with Crippen LogP contribution in [0.3, 0.4) is 0 Å². The van der Waals surface area contributed by atoms with E-state index < -0.39 is 11.9 Å². The van der Waals surface area contributed by atoms with Crippen molar-refractivity contribution in [1.82, 2.24) is 0 Å². The number of ether oxygens (including phenoxy) is 1. The van der Waals surface area contributed by atoms with E-state index >= 15 is 0 Å². The van der Waals surface area contributed by atoms with Gasteiger partial charge in [-0.1, -0.05) is 12.1 Å². The lowest BCUT2D eigenvalue weighted by Gasteiger charge is -2.09. The van der Waals surface area contributed by atoms with Crippen LogP contribution in [0.4, 0.5) is 13.2 Å². The average molecular weight is 271 g/mol. The summed E-state index contributed by atoms with van der Waals surface area (Å²) in [5, 5.41) is 1.17. The summed E-state index contributed by atoms with van der Waals surface area (Å²) < 4.78 is 43.6. The van der Waals surface area contributed by atoms with Crippen LogP contribution < -0.4 is 10.1 Å². The third kappa shape index (κ3) is 3.14. The van der Waals surface area contributed by atoms with Gasteiger partial charge >= 0.3 is 6.18 Å². The minimum Gasteiger partial charge on any atom is -0.496 e. The van der Waals surface area contributed by atoms with Crippen molar-refractivity contribution >= 4 is 5.71 Å². The van der Waals surface area contributed by atoms with Crippen LogP contribution in [0.2, 0.25) is 0 Å². The molecule has 0 fully saturated rings. The van der Waals surface area contributed by atoms with Crippen LogP contribution in [0, 0.1) is 0 Å². The number of benzene rings is 1. The lowest BCUT2D eigenvalue weighted by Crippen LogP contribution is -2.85. The first-order valence-electron chi connectivity index (χ1n) is 5.82. The van der Waals surface area contributed by atoms with Gasteiger partial charge in [-0.3, -0.25) is 4.99 Å². The van der Waals surface area contributed by atoms with Gasteiger partial charge in [0.05, 0.1) is 19.4 Å². The molecule has 6 heteroatoms. The second kappa shape index (κ2) is 5.44. The zero-order chi connectivity index (χ0) is 13.9. The Hall–Kier alpha value is -1.82. The fourth-order valence-corrected chi connectivity index (χ4v) is 1.87. The quantitative estimate of drug-likeness (QED) is 0.870. The average Bonchev–Trinajstić information content (AvgIpc) is 2.64. The molecule has 2 rings (SSSR count). The number of aliphatic imine (C=N–C) groups is 1. The van der Waals surface area contributed by atoms with Crippen LogP contribution in [-0.4, -0.2) is 32.1 Å². The fourth-order valence-electron chi connectivity index (χ4n) is 1.87. The van der Waals surface area contributed by atoms with Crippen LogP contribution >= 0.6 is 0 Å². The molecule has 0 aromatic heterocycles. The van der Waals surface area contributed by atoms with E-state index in [1.807, 2.05) is 0 Å². The van der Waals surface area contributed by atoms with Crippen LogP contribution in [0.1, 0.15) is 5.56 Å². The highest BCUT2D eigenvalue weighted by molar-refractivity contribution is 6.10. The second-order valence-electron chi connectivity index (χ2n) is 4.06. The molecule has 1 aromatic rings. The van der Waals surface area contributed by atoms with Crippen molar-refractivity contribution in [3.63, 3.8) is 0 Å². The fraction of sp³-hybridized carbons (Fsp3) is 0.308. The summed E-state index contributed by atoms with van der Waals surface area (Å²) in [6.45, 7) is 0.619. The Morgan fingerprint density at radius 3 is 2.68 bits per heavy atom. The normalized spacial score (nSPS) is 16.4. The van der Waals surface area contributed by atoms with Crippen LogP contribution in [0.15, 0.2) is 41.0 Å². The zero-order valence-electron chi connectivity index (χ0n) is 10.4. The molecular weight excluding hydrogens is 257 g/mol. The maximum Gasteiger partial charge on any atom is 0.466 e. The van der Waals surface area contributed by atoms with Gasteiger partial charge in [-0.15, -0.1) is 0 Å². The van der Waals surface area contributed by atoms with Gasteiger partial charge in [0.2, 0.25) is 5.70 Å². The van der Waals surface area contributed by atoms with E-state index in [1.54, 1.807) is 24.3 Å². The zero-order valence-corrected chi connectivity index (χ0v) is 10.4. The van der Waals surface area contributed by atoms with Gasteiger partial charge < -0.3 is 10.1 Å². The number of methoxy groups -OCH3 is 1. The van der Waals surface area contributed by atoms with Crippen molar-refractivity contribution in [2.24, 2.45) is 4.99 Å². The predicted octanol–water partition coefficient (Wildman–Crippen LogP) is 1.51. The van der Waals surface area contributed by atoms with E-state index in [0.717, 1.165) is 6.08 Å². The highest BCUT2D eigenvalue weighted by Gasteiger charge is 2.39. The molecule has 0 amide bonds. The molecule has 0 spiro atoms. The first kappa shape index (κ1) is 13.6. The molecule has 0 aliphatic carbocycles. The molecule has 1 aliphatic heterocycles. The molecule has 102 valence electrons. The Balaban J connectivity index is 2.44. The highest BCUT2D eigenvalue weighted by Crippen LogP contribution is 2.24. The second-order valence-corrected chi connectivity index (χ2v) is 4.06. The SMILES string of the molecule is COc1ccccc1C1=NCC[NH2+]C(C(F)(F)F)=C1. The summed E-state index contributed by atoms with van der Waals surface area (Å²) in [6.07, 6.45) is -3.28. The number of allylic oxidation sites excluding steroid dienone is 2. The minimum absolute atomic E-state index is 0.282. The van der Waals surface area contributed by atoms with E-state index in [2.05, 4.69) is 4.99 Å². The largest absolute Gasteiger partial charge is 0.496 e. The smallest absolute Gasteiger partial charge is 0.466 e. The van der Waals surface area contributed by atoms with Crippen molar-refractivity contribution in [3.05, 3.63) is 41.6 Å². The molecule has 0 bridgehead atoms. The maximum atomic E-state index is 12.8. The highest BCUT2D eigenvalue weighted by atomic mass is 19.4. The van der Waals surface area contributed by atoms with Crippen molar-refractivity contribution in [2.45, 2.75) is 6.18 Å². The molecule has 0 unspecified atom stereocenters. The Kier molecular flexibility index (Phi) is 3.90. The van der Waals surface area contributed by atoms with Gasteiger partial charge in [-0.2, -0.15) is 13.2 Å². The van der Waals surface area contributed by atoms with Crippen molar-refractivity contribution in [2.75, 3.05) is 20.2 Å². The molecule has 1 aliphatic rings. The number of halogens is 3. The third-order valence-electron chi connectivity index (χ3n) is 2.78. The number of rotatable bonds is 2. The lowest BCUT2D eigenvalue weighted by molar-refractivity contribution is -0.622. The molecule has 0 atom stereocenters. The number of nitrogens with two attached hydrogens (primary N) is 1. The number of quaternary nitrogens is 1. The summed E-state index contributed by atoms with van der Waals surface area (Å²) in [5.74, 6) is 0.515. The topological polar surface area (TPSA) is 38.2 Å². The molecule has 1 aromatic carbocycles. The molecule has 1 heterocycles. The first-order valence-corrected chi connectivity index (χ1v) is 5.82. The van der Waals surface area contributed by atoms with Gasteiger partial charge in [0.25, 0.3) is 0 Å². The number of hydrogen-bond acceptors (Lipinski definition) is 2. The maximum absolute atomic E-state index is 12.8. The third-order valence-corrected chi connectivity index (χ3v) is 2.78.